The van der Waals surface area contributed by atoms with Gasteiger partial charge in [-0.1, -0.05) is 13.3 Å². The van der Waals surface area contributed by atoms with Crippen molar-refractivity contribution in [1.82, 2.24) is 10.2 Å². The van der Waals surface area contributed by atoms with Crippen LogP contribution < -0.4 is 5.32 Å². The van der Waals surface area contributed by atoms with Gasteiger partial charge in [-0.15, -0.1) is 0 Å². The van der Waals surface area contributed by atoms with Crippen LogP contribution in [-0.4, -0.2) is 48.8 Å². The van der Waals surface area contributed by atoms with E-state index in [4.69, 9.17) is 0 Å². The van der Waals surface area contributed by atoms with Gasteiger partial charge in [0.1, 0.15) is 0 Å². The van der Waals surface area contributed by atoms with Crippen molar-refractivity contribution in [3.8, 4) is 0 Å². The van der Waals surface area contributed by atoms with Gasteiger partial charge in [-0.2, -0.15) is 0 Å². The molecule has 0 aromatic heterocycles. The highest BCUT2D eigenvalue weighted by Gasteiger charge is 2.22. The average Bonchev–Trinajstić information content (AvgIpc) is 2.44. The fourth-order valence-electron chi connectivity index (χ4n) is 3.03. The van der Waals surface area contributed by atoms with E-state index in [1.54, 1.807) is 0 Å². The van der Waals surface area contributed by atoms with Crippen LogP contribution in [0.25, 0.3) is 0 Å². The Hall–Kier alpha value is -0.120. The van der Waals surface area contributed by atoms with Crippen LogP contribution in [0.15, 0.2) is 0 Å². The largest absolute Gasteiger partial charge is 0.394 e. The maximum Gasteiger partial charge on any atom is 0.0610 e. The minimum atomic E-state index is -0.0984. The van der Waals surface area contributed by atoms with Crippen LogP contribution in [-0.2, 0) is 0 Å². The van der Waals surface area contributed by atoms with Crippen LogP contribution in [0, 0.1) is 5.92 Å². The molecular formula is C16H34N2O. The van der Waals surface area contributed by atoms with E-state index in [2.05, 4.69) is 31.1 Å². The van der Waals surface area contributed by atoms with Gasteiger partial charge in [0.2, 0.25) is 0 Å². The predicted octanol–water partition coefficient (Wildman–Crippen LogP) is 2.64. The zero-order valence-corrected chi connectivity index (χ0v) is 13.4. The van der Waals surface area contributed by atoms with Gasteiger partial charge in [0.25, 0.3) is 0 Å². The molecule has 0 radical (unpaired) electrons. The molecule has 1 rings (SSSR count). The first-order chi connectivity index (χ1) is 9.00. The lowest BCUT2D eigenvalue weighted by Gasteiger charge is -2.34. The Labute approximate surface area is 119 Å². The van der Waals surface area contributed by atoms with E-state index < -0.39 is 0 Å². The zero-order chi connectivity index (χ0) is 14.3. The van der Waals surface area contributed by atoms with E-state index in [1.807, 2.05) is 7.05 Å². The van der Waals surface area contributed by atoms with Gasteiger partial charge in [0.05, 0.1) is 6.61 Å². The van der Waals surface area contributed by atoms with Crippen LogP contribution in [0.4, 0.5) is 0 Å². The minimum absolute atomic E-state index is 0.0984. The lowest BCUT2D eigenvalue weighted by atomic mass is 9.86. The second-order valence-corrected chi connectivity index (χ2v) is 6.82. The summed E-state index contributed by atoms with van der Waals surface area (Å²) < 4.78 is 0. The van der Waals surface area contributed by atoms with Gasteiger partial charge >= 0.3 is 0 Å². The van der Waals surface area contributed by atoms with Gasteiger partial charge in [-0.25, -0.2) is 0 Å². The molecule has 1 atom stereocenters. The highest BCUT2D eigenvalue weighted by molar-refractivity contribution is 4.81. The summed E-state index contributed by atoms with van der Waals surface area (Å²) in [5.41, 5.74) is -0.0984. The molecule has 3 heteroatoms. The number of rotatable bonds is 8. The molecule has 0 saturated heterocycles. The summed E-state index contributed by atoms with van der Waals surface area (Å²) in [7, 11) is 4.22. The Balaban J connectivity index is 2.15. The minimum Gasteiger partial charge on any atom is -0.394 e. The Bertz CT molecular complexity index is 233. The Kier molecular flexibility index (Phi) is 7.33. The molecule has 0 aromatic carbocycles. The second-order valence-electron chi connectivity index (χ2n) is 6.82. The Morgan fingerprint density at radius 3 is 2.37 bits per heavy atom. The third-order valence-corrected chi connectivity index (χ3v) is 5.05. The highest BCUT2D eigenvalue weighted by atomic mass is 16.3. The van der Waals surface area contributed by atoms with E-state index >= 15 is 0 Å². The number of nitrogens with one attached hydrogen (secondary N) is 1. The standard InChI is InChI=1S/C16H34N2O/c1-14-7-9-15(10-8-14)18(4)12-6-5-11-16(2,13-19)17-3/h14-15,17,19H,5-13H2,1-4H3. The maximum atomic E-state index is 9.35. The molecule has 19 heavy (non-hydrogen) atoms. The number of nitrogens with zero attached hydrogens (tertiary/aromatic N) is 1. The fourth-order valence-corrected chi connectivity index (χ4v) is 3.03. The number of aliphatic hydroxyl groups is 1. The van der Waals surface area contributed by atoms with Gasteiger partial charge in [-0.3, -0.25) is 0 Å². The lowest BCUT2D eigenvalue weighted by Crippen LogP contribution is -2.43. The summed E-state index contributed by atoms with van der Waals surface area (Å²) in [6.45, 7) is 5.90. The average molecular weight is 270 g/mol. The van der Waals surface area contributed by atoms with Gasteiger partial charge < -0.3 is 15.3 Å². The maximum absolute atomic E-state index is 9.35. The molecule has 1 fully saturated rings. The molecule has 0 spiro atoms. The predicted molar refractivity (Wildman–Crippen MR) is 82.5 cm³/mol. The molecule has 0 heterocycles. The quantitative estimate of drug-likeness (QED) is 0.666. The summed E-state index contributed by atoms with van der Waals surface area (Å²) >= 11 is 0. The molecule has 2 N–H and O–H groups in total. The Morgan fingerprint density at radius 2 is 1.84 bits per heavy atom. The smallest absolute Gasteiger partial charge is 0.0610 e. The molecule has 114 valence electrons. The van der Waals surface area contributed by atoms with Crippen LogP contribution in [0.5, 0.6) is 0 Å². The molecular weight excluding hydrogens is 236 g/mol. The summed E-state index contributed by atoms with van der Waals surface area (Å²) in [6.07, 6.45) is 9.03. The first-order valence-corrected chi connectivity index (χ1v) is 8.01. The van der Waals surface area contributed by atoms with E-state index in [9.17, 15) is 5.11 Å². The van der Waals surface area contributed by atoms with E-state index in [0.29, 0.717) is 0 Å². The number of hydrogen-bond acceptors (Lipinski definition) is 3. The SMILES string of the molecule is CNC(C)(CO)CCCCN(C)C1CCC(C)CC1. The highest BCUT2D eigenvalue weighted by Crippen LogP contribution is 2.26. The first-order valence-electron chi connectivity index (χ1n) is 8.01. The molecule has 1 saturated carbocycles. The van der Waals surface area contributed by atoms with Crippen LogP contribution in [0.3, 0.4) is 0 Å². The van der Waals surface area contributed by atoms with Crippen molar-refractivity contribution in [1.29, 1.82) is 0 Å². The number of aliphatic hydroxyl groups excluding tert-OH is 1. The molecule has 3 nitrogen and oxygen atoms in total. The van der Waals surface area contributed by atoms with Gasteiger partial charge in [0, 0.05) is 11.6 Å². The summed E-state index contributed by atoms with van der Waals surface area (Å²) in [6, 6.07) is 0.810. The topological polar surface area (TPSA) is 35.5 Å². The lowest BCUT2D eigenvalue weighted by molar-refractivity contribution is 0.155. The van der Waals surface area contributed by atoms with E-state index in [0.717, 1.165) is 18.4 Å². The fraction of sp³-hybridized carbons (Fsp3) is 1.00. The molecule has 1 aliphatic carbocycles. The van der Waals surface area contributed by atoms with Crippen LogP contribution >= 0.6 is 0 Å². The van der Waals surface area contributed by atoms with Crippen molar-refractivity contribution in [3.05, 3.63) is 0 Å². The van der Waals surface area contributed by atoms with Crippen LogP contribution in [0.2, 0.25) is 0 Å². The normalized spacial score (nSPS) is 27.5. The van der Waals surface area contributed by atoms with Gasteiger partial charge in [0.15, 0.2) is 0 Å². The number of likely N-dealkylation sites (N-methyl/N-ethyl adjacent to an activating group) is 1. The first kappa shape index (κ1) is 16.9. The van der Waals surface area contributed by atoms with Crippen molar-refractivity contribution >= 4 is 0 Å². The van der Waals surface area contributed by atoms with Crippen molar-refractivity contribution in [2.45, 2.75) is 70.4 Å². The Morgan fingerprint density at radius 1 is 1.21 bits per heavy atom. The molecule has 0 amide bonds. The number of hydrogen-bond donors (Lipinski definition) is 2. The van der Waals surface area contributed by atoms with Crippen LogP contribution in [0.1, 0.15) is 58.8 Å². The summed E-state index contributed by atoms with van der Waals surface area (Å²) in [4.78, 5) is 2.56. The zero-order valence-electron chi connectivity index (χ0n) is 13.4. The van der Waals surface area contributed by atoms with E-state index in [1.165, 1.54) is 45.1 Å². The molecule has 0 aromatic rings. The van der Waals surface area contributed by atoms with Crippen molar-refractivity contribution in [3.63, 3.8) is 0 Å². The molecule has 1 unspecified atom stereocenters. The van der Waals surface area contributed by atoms with Crippen molar-refractivity contribution in [2.75, 3.05) is 27.2 Å². The second kappa shape index (κ2) is 8.23. The third-order valence-electron chi connectivity index (χ3n) is 5.05. The van der Waals surface area contributed by atoms with Crippen molar-refractivity contribution in [2.24, 2.45) is 5.92 Å². The molecule has 0 bridgehead atoms. The molecule has 1 aliphatic rings. The summed E-state index contributed by atoms with van der Waals surface area (Å²) in [5.74, 6) is 0.936. The summed E-state index contributed by atoms with van der Waals surface area (Å²) in [5, 5.41) is 12.6. The van der Waals surface area contributed by atoms with Crippen molar-refractivity contribution < 1.29 is 5.11 Å². The third kappa shape index (κ3) is 5.80. The number of unbranched alkanes of at least 4 members (excludes halogenated alkanes) is 1. The monoisotopic (exact) mass is 270 g/mol. The van der Waals surface area contributed by atoms with E-state index in [-0.39, 0.29) is 12.1 Å². The van der Waals surface area contributed by atoms with Gasteiger partial charge in [-0.05, 0) is 72.0 Å². The molecule has 0 aliphatic heterocycles.